The van der Waals surface area contributed by atoms with Crippen molar-refractivity contribution in [1.82, 2.24) is 10.6 Å². The first kappa shape index (κ1) is 11.8. The average molecular weight is 214 g/mol. The Labute approximate surface area is 89.2 Å². The fourth-order valence-electron chi connectivity index (χ4n) is 1.01. The van der Waals surface area contributed by atoms with Crippen LogP contribution in [0.4, 0.5) is 4.79 Å². The molecule has 0 aliphatic heterocycles. The van der Waals surface area contributed by atoms with Gasteiger partial charge >= 0.3 is 12.0 Å². The normalized spacial score (nSPS) is 18.1. The molecule has 0 aromatic carbocycles. The Morgan fingerprint density at radius 1 is 1.40 bits per heavy atom. The quantitative estimate of drug-likeness (QED) is 0.652. The number of carbonyl (C=O) groups excluding carboxylic acids is 1. The molecule has 0 unspecified atom stereocenters. The average Bonchev–Trinajstić information content (AvgIpc) is 2.80. The summed E-state index contributed by atoms with van der Waals surface area (Å²) in [5, 5.41) is 14.2. The SMILES string of the molecule is CC1(NC(=O)NCC(C)(C)C(=O)O)CC1. The smallest absolute Gasteiger partial charge is 0.315 e. The number of aliphatic carboxylic acids is 1. The van der Waals surface area contributed by atoms with E-state index in [1.165, 1.54) is 0 Å². The zero-order valence-electron chi connectivity index (χ0n) is 9.39. The molecule has 86 valence electrons. The second-order valence-corrected chi connectivity index (χ2v) is 5.06. The van der Waals surface area contributed by atoms with E-state index < -0.39 is 11.4 Å². The second-order valence-electron chi connectivity index (χ2n) is 5.06. The molecule has 0 radical (unpaired) electrons. The molecular formula is C10H18N2O3. The standard InChI is InChI=1S/C10H18N2O3/c1-9(2,7(13)14)6-11-8(15)12-10(3)4-5-10/h4-6H2,1-3H3,(H,13,14)(H2,11,12,15). The van der Waals surface area contributed by atoms with Crippen molar-refractivity contribution in [3.63, 3.8) is 0 Å². The van der Waals surface area contributed by atoms with Crippen molar-refractivity contribution in [2.75, 3.05) is 6.54 Å². The molecule has 1 fully saturated rings. The van der Waals surface area contributed by atoms with Crippen molar-refractivity contribution in [3.05, 3.63) is 0 Å². The summed E-state index contributed by atoms with van der Waals surface area (Å²) < 4.78 is 0. The second kappa shape index (κ2) is 3.72. The maximum Gasteiger partial charge on any atom is 0.315 e. The summed E-state index contributed by atoms with van der Waals surface area (Å²) in [5.41, 5.74) is -1.00. The Hall–Kier alpha value is -1.26. The Morgan fingerprint density at radius 2 is 1.93 bits per heavy atom. The van der Waals surface area contributed by atoms with Crippen molar-refractivity contribution in [2.24, 2.45) is 5.41 Å². The van der Waals surface area contributed by atoms with Gasteiger partial charge in [-0.2, -0.15) is 0 Å². The highest BCUT2D eigenvalue weighted by Gasteiger charge is 2.39. The summed E-state index contributed by atoms with van der Waals surface area (Å²) in [6.45, 7) is 5.25. The summed E-state index contributed by atoms with van der Waals surface area (Å²) >= 11 is 0. The number of rotatable bonds is 4. The van der Waals surface area contributed by atoms with Crippen LogP contribution in [0.1, 0.15) is 33.6 Å². The molecular weight excluding hydrogens is 196 g/mol. The molecule has 0 bridgehead atoms. The molecule has 1 saturated carbocycles. The minimum Gasteiger partial charge on any atom is -0.481 e. The fraction of sp³-hybridized carbons (Fsp3) is 0.800. The number of hydrogen-bond acceptors (Lipinski definition) is 2. The van der Waals surface area contributed by atoms with Crippen LogP contribution in [0.2, 0.25) is 0 Å². The number of carboxylic acids is 1. The maximum absolute atomic E-state index is 11.4. The van der Waals surface area contributed by atoms with Gasteiger partial charge in [0.15, 0.2) is 0 Å². The lowest BCUT2D eigenvalue weighted by Crippen LogP contribution is -2.46. The summed E-state index contributed by atoms with van der Waals surface area (Å²) in [6.07, 6.45) is 1.98. The van der Waals surface area contributed by atoms with Crippen LogP contribution in [-0.2, 0) is 4.79 Å². The molecule has 2 amide bonds. The van der Waals surface area contributed by atoms with Crippen molar-refractivity contribution < 1.29 is 14.7 Å². The van der Waals surface area contributed by atoms with Gasteiger partial charge in [0.05, 0.1) is 5.41 Å². The van der Waals surface area contributed by atoms with Crippen molar-refractivity contribution in [2.45, 2.75) is 39.2 Å². The zero-order chi connectivity index (χ0) is 11.7. The summed E-state index contributed by atoms with van der Waals surface area (Å²) in [4.78, 5) is 22.1. The van der Waals surface area contributed by atoms with Crippen LogP contribution in [0.5, 0.6) is 0 Å². The highest BCUT2D eigenvalue weighted by atomic mass is 16.4. The van der Waals surface area contributed by atoms with Gasteiger partial charge in [0.25, 0.3) is 0 Å². The number of urea groups is 1. The lowest BCUT2D eigenvalue weighted by atomic mass is 9.94. The molecule has 15 heavy (non-hydrogen) atoms. The molecule has 0 heterocycles. The van der Waals surface area contributed by atoms with Crippen molar-refractivity contribution in [1.29, 1.82) is 0 Å². The van der Waals surface area contributed by atoms with Crippen LogP contribution in [-0.4, -0.2) is 29.2 Å². The number of hydrogen-bond donors (Lipinski definition) is 3. The highest BCUT2D eigenvalue weighted by Crippen LogP contribution is 2.34. The van der Waals surface area contributed by atoms with E-state index >= 15 is 0 Å². The van der Waals surface area contributed by atoms with Gasteiger partial charge in [-0.05, 0) is 33.6 Å². The van der Waals surface area contributed by atoms with Gasteiger partial charge in [-0.3, -0.25) is 4.79 Å². The number of carboxylic acid groups (broad SMARTS) is 1. The van der Waals surface area contributed by atoms with Gasteiger partial charge in [0.1, 0.15) is 0 Å². The first-order chi connectivity index (χ1) is 6.75. The van der Waals surface area contributed by atoms with E-state index in [1.54, 1.807) is 13.8 Å². The largest absolute Gasteiger partial charge is 0.481 e. The topological polar surface area (TPSA) is 78.4 Å². The van der Waals surface area contributed by atoms with Crippen LogP contribution in [0, 0.1) is 5.41 Å². The van der Waals surface area contributed by atoms with Crippen LogP contribution in [0.15, 0.2) is 0 Å². The Kier molecular flexibility index (Phi) is 2.93. The van der Waals surface area contributed by atoms with Gasteiger partial charge < -0.3 is 15.7 Å². The van der Waals surface area contributed by atoms with Gasteiger partial charge in [0.2, 0.25) is 0 Å². The lowest BCUT2D eigenvalue weighted by molar-refractivity contribution is -0.146. The zero-order valence-corrected chi connectivity index (χ0v) is 9.39. The van der Waals surface area contributed by atoms with Crippen LogP contribution < -0.4 is 10.6 Å². The molecule has 5 nitrogen and oxygen atoms in total. The maximum atomic E-state index is 11.4. The summed E-state index contributed by atoms with van der Waals surface area (Å²) in [7, 11) is 0. The summed E-state index contributed by atoms with van der Waals surface area (Å²) in [6, 6.07) is -0.288. The predicted molar refractivity (Wildman–Crippen MR) is 55.6 cm³/mol. The van der Waals surface area contributed by atoms with Gasteiger partial charge in [-0.15, -0.1) is 0 Å². The molecule has 5 heteroatoms. The fourth-order valence-corrected chi connectivity index (χ4v) is 1.01. The first-order valence-corrected chi connectivity index (χ1v) is 5.05. The Balaban J connectivity index is 2.30. The molecule has 0 aromatic rings. The monoisotopic (exact) mass is 214 g/mol. The minimum atomic E-state index is -0.929. The lowest BCUT2D eigenvalue weighted by Gasteiger charge is -2.20. The van der Waals surface area contributed by atoms with Crippen LogP contribution >= 0.6 is 0 Å². The molecule has 0 saturated heterocycles. The van der Waals surface area contributed by atoms with Crippen molar-refractivity contribution in [3.8, 4) is 0 Å². The van der Waals surface area contributed by atoms with E-state index in [9.17, 15) is 9.59 Å². The predicted octanol–water partition coefficient (Wildman–Crippen LogP) is 0.949. The first-order valence-electron chi connectivity index (χ1n) is 5.05. The molecule has 0 spiro atoms. The molecule has 1 aliphatic carbocycles. The third-order valence-corrected chi connectivity index (χ3v) is 2.69. The molecule has 3 N–H and O–H groups in total. The molecule has 1 aliphatic rings. The van der Waals surface area contributed by atoms with E-state index in [-0.39, 0.29) is 18.1 Å². The van der Waals surface area contributed by atoms with Crippen LogP contribution in [0.3, 0.4) is 0 Å². The number of carbonyl (C=O) groups is 2. The molecule has 0 aromatic heterocycles. The number of nitrogens with one attached hydrogen (secondary N) is 2. The van der Waals surface area contributed by atoms with E-state index in [0.717, 1.165) is 12.8 Å². The van der Waals surface area contributed by atoms with Crippen molar-refractivity contribution >= 4 is 12.0 Å². The molecule has 0 atom stereocenters. The third-order valence-electron chi connectivity index (χ3n) is 2.69. The van der Waals surface area contributed by atoms with Crippen LogP contribution in [0.25, 0.3) is 0 Å². The van der Waals surface area contributed by atoms with E-state index in [0.29, 0.717) is 0 Å². The highest BCUT2D eigenvalue weighted by molar-refractivity contribution is 5.78. The van der Waals surface area contributed by atoms with Gasteiger partial charge in [-0.1, -0.05) is 0 Å². The Morgan fingerprint density at radius 3 is 2.33 bits per heavy atom. The van der Waals surface area contributed by atoms with Gasteiger partial charge in [0, 0.05) is 12.1 Å². The summed E-state index contributed by atoms with van der Waals surface area (Å²) in [5.74, 6) is -0.916. The Bertz CT molecular complexity index is 282. The third kappa shape index (κ3) is 3.42. The minimum absolute atomic E-state index is 0.0720. The number of amides is 2. The molecule has 1 rings (SSSR count). The van der Waals surface area contributed by atoms with E-state index in [1.807, 2.05) is 6.92 Å². The van der Waals surface area contributed by atoms with E-state index in [2.05, 4.69) is 10.6 Å². The van der Waals surface area contributed by atoms with Gasteiger partial charge in [-0.25, -0.2) is 4.79 Å². The van der Waals surface area contributed by atoms with E-state index in [4.69, 9.17) is 5.11 Å².